The Bertz CT molecular complexity index is 745. The summed E-state index contributed by atoms with van der Waals surface area (Å²) in [5.41, 5.74) is 10.4. The first-order valence-electron chi connectivity index (χ1n) is 6.63. The van der Waals surface area contributed by atoms with Gasteiger partial charge in [0.2, 0.25) is 0 Å². The van der Waals surface area contributed by atoms with Crippen LogP contribution in [0.5, 0.6) is 0 Å². The average Bonchev–Trinajstić information content (AvgIpc) is 2.84. The standard InChI is InChI=1S/C16H14BrClN2O/c1-9-6-10-4-5-20(15(10)8-14(9)19)16(21)12-7-11(18)2-3-13(12)17/h2-3,6-8H,4-5,19H2,1H3. The van der Waals surface area contributed by atoms with Crippen molar-refractivity contribution in [1.82, 2.24) is 0 Å². The van der Waals surface area contributed by atoms with Crippen LogP contribution in [0.15, 0.2) is 34.8 Å². The number of fused-ring (bicyclic) bond motifs is 1. The number of nitrogen functional groups attached to an aromatic ring is 1. The Morgan fingerprint density at radius 3 is 2.86 bits per heavy atom. The minimum atomic E-state index is -0.0635. The van der Waals surface area contributed by atoms with Crippen molar-refractivity contribution in [3.63, 3.8) is 0 Å². The first kappa shape index (κ1) is 14.4. The predicted molar refractivity (Wildman–Crippen MR) is 90.1 cm³/mol. The van der Waals surface area contributed by atoms with E-state index in [1.54, 1.807) is 23.1 Å². The minimum absolute atomic E-state index is 0.0635. The van der Waals surface area contributed by atoms with Gasteiger partial charge in [0.1, 0.15) is 0 Å². The fraction of sp³-hybridized carbons (Fsp3) is 0.188. The Balaban J connectivity index is 2.02. The van der Waals surface area contributed by atoms with E-state index in [4.69, 9.17) is 17.3 Å². The summed E-state index contributed by atoms with van der Waals surface area (Å²) >= 11 is 9.42. The normalized spacial score (nSPS) is 13.4. The van der Waals surface area contributed by atoms with Crippen LogP contribution in [-0.2, 0) is 6.42 Å². The first-order valence-corrected chi connectivity index (χ1v) is 7.80. The van der Waals surface area contributed by atoms with Crippen molar-refractivity contribution in [3.05, 3.63) is 56.5 Å². The summed E-state index contributed by atoms with van der Waals surface area (Å²) in [5, 5.41) is 0.546. The third-order valence-corrected chi connectivity index (χ3v) is 4.69. The molecule has 5 heteroatoms. The fourth-order valence-corrected chi connectivity index (χ4v) is 3.18. The Hall–Kier alpha value is -1.52. The summed E-state index contributed by atoms with van der Waals surface area (Å²) in [6, 6.07) is 9.17. The molecule has 0 unspecified atom stereocenters. The van der Waals surface area contributed by atoms with Crippen LogP contribution < -0.4 is 10.6 Å². The van der Waals surface area contributed by atoms with Gasteiger partial charge < -0.3 is 10.6 Å². The molecule has 2 aromatic carbocycles. The van der Waals surface area contributed by atoms with E-state index in [2.05, 4.69) is 22.0 Å². The van der Waals surface area contributed by atoms with Crippen molar-refractivity contribution in [2.24, 2.45) is 0 Å². The van der Waals surface area contributed by atoms with Crippen molar-refractivity contribution in [2.45, 2.75) is 13.3 Å². The second kappa shape index (κ2) is 5.35. The van der Waals surface area contributed by atoms with E-state index >= 15 is 0 Å². The molecule has 1 amide bonds. The number of benzene rings is 2. The summed E-state index contributed by atoms with van der Waals surface area (Å²) in [7, 11) is 0. The van der Waals surface area contributed by atoms with Gasteiger partial charge in [0.25, 0.3) is 5.91 Å². The molecule has 3 rings (SSSR count). The lowest BCUT2D eigenvalue weighted by Crippen LogP contribution is -2.29. The Kier molecular flexibility index (Phi) is 3.68. The number of carbonyl (C=O) groups excluding carboxylic acids is 1. The highest BCUT2D eigenvalue weighted by Crippen LogP contribution is 2.34. The van der Waals surface area contributed by atoms with Gasteiger partial charge in [0, 0.05) is 27.4 Å². The number of hydrogen-bond donors (Lipinski definition) is 1. The zero-order valence-corrected chi connectivity index (χ0v) is 13.8. The van der Waals surface area contributed by atoms with Crippen molar-refractivity contribution in [1.29, 1.82) is 0 Å². The van der Waals surface area contributed by atoms with E-state index in [0.29, 0.717) is 22.8 Å². The number of halogens is 2. The smallest absolute Gasteiger partial charge is 0.259 e. The highest BCUT2D eigenvalue weighted by molar-refractivity contribution is 9.10. The van der Waals surface area contributed by atoms with Gasteiger partial charge in [-0.05, 0) is 64.7 Å². The molecule has 21 heavy (non-hydrogen) atoms. The molecule has 1 aliphatic heterocycles. The number of hydrogen-bond acceptors (Lipinski definition) is 2. The van der Waals surface area contributed by atoms with Crippen LogP contribution in [-0.4, -0.2) is 12.5 Å². The van der Waals surface area contributed by atoms with Crippen molar-refractivity contribution >= 4 is 44.8 Å². The molecular weight excluding hydrogens is 352 g/mol. The Morgan fingerprint density at radius 1 is 1.33 bits per heavy atom. The van der Waals surface area contributed by atoms with Gasteiger partial charge in [-0.2, -0.15) is 0 Å². The fourth-order valence-electron chi connectivity index (χ4n) is 2.59. The predicted octanol–water partition coefficient (Wildman–Crippen LogP) is 4.20. The molecule has 0 spiro atoms. The quantitative estimate of drug-likeness (QED) is 0.770. The maximum atomic E-state index is 12.8. The number of carbonyl (C=O) groups is 1. The van der Waals surface area contributed by atoms with Crippen molar-refractivity contribution < 1.29 is 4.79 Å². The van der Waals surface area contributed by atoms with E-state index in [1.165, 1.54) is 0 Å². The number of nitrogens with zero attached hydrogens (tertiary/aromatic N) is 1. The van der Waals surface area contributed by atoms with Crippen molar-refractivity contribution in [3.8, 4) is 0 Å². The van der Waals surface area contributed by atoms with Gasteiger partial charge in [0.15, 0.2) is 0 Å². The summed E-state index contributed by atoms with van der Waals surface area (Å²) in [4.78, 5) is 14.5. The van der Waals surface area contributed by atoms with Crippen LogP contribution >= 0.6 is 27.5 Å². The Morgan fingerprint density at radius 2 is 2.10 bits per heavy atom. The lowest BCUT2D eigenvalue weighted by atomic mass is 10.1. The van der Waals surface area contributed by atoms with Gasteiger partial charge in [0.05, 0.1) is 5.56 Å². The molecular formula is C16H14BrClN2O. The number of rotatable bonds is 1. The van der Waals surface area contributed by atoms with E-state index in [9.17, 15) is 4.79 Å². The van der Waals surface area contributed by atoms with Crippen molar-refractivity contribution in [2.75, 3.05) is 17.2 Å². The minimum Gasteiger partial charge on any atom is -0.398 e. The van der Waals surface area contributed by atoms with Crippen LogP contribution in [0, 0.1) is 6.92 Å². The SMILES string of the molecule is Cc1cc2c(cc1N)N(C(=O)c1cc(Cl)ccc1Br)CC2. The van der Waals surface area contributed by atoms with E-state index in [1.807, 2.05) is 13.0 Å². The summed E-state index contributed by atoms with van der Waals surface area (Å²) in [6.45, 7) is 2.64. The van der Waals surface area contributed by atoms with Gasteiger partial charge in [-0.15, -0.1) is 0 Å². The summed E-state index contributed by atoms with van der Waals surface area (Å²) < 4.78 is 0.741. The summed E-state index contributed by atoms with van der Waals surface area (Å²) in [5.74, 6) is -0.0635. The zero-order chi connectivity index (χ0) is 15.1. The topological polar surface area (TPSA) is 46.3 Å². The molecule has 0 aliphatic carbocycles. The second-order valence-corrected chi connectivity index (χ2v) is 6.46. The monoisotopic (exact) mass is 364 g/mol. The average molecular weight is 366 g/mol. The van der Waals surface area contributed by atoms with E-state index in [-0.39, 0.29) is 5.91 Å². The molecule has 0 bridgehead atoms. The molecule has 1 heterocycles. The highest BCUT2D eigenvalue weighted by Gasteiger charge is 2.27. The molecule has 2 N–H and O–H groups in total. The van der Waals surface area contributed by atoms with E-state index < -0.39 is 0 Å². The van der Waals surface area contributed by atoms with Gasteiger partial charge in [-0.1, -0.05) is 17.7 Å². The molecule has 0 fully saturated rings. The lowest BCUT2D eigenvalue weighted by molar-refractivity contribution is 0.0988. The molecule has 3 nitrogen and oxygen atoms in total. The molecule has 0 radical (unpaired) electrons. The lowest BCUT2D eigenvalue weighted by Gasteiger charge is -2.19. The van der Waals surface area contributed by atoms with Crippen LogP contribution in [0.3, 0.4) is 0 Å². The molecule has 2 aromatic rings. The molecule has 1 aliphatic rings. The molecule has 0 saturated carbocycles. The zero-order valence-electron chi connectivity index (χ0n) is 11.5. The molecule has 0 saturated heterocycles. The van der Waals surface area contributed by atoms with Crippen LogP contribution in [0.25, 0.3) is 0 Å². The third kappa shape index (κ3) is 2.54. The number of amides is 1. The van der Waals surface area contributed by atoms with Crippen LogP contribution in [0.2, 0.25) is 5.02 Å². The first-order chi connectivity index (χ1) is 9.97. The van der Waals surface area contributed by atoms with Gasteiger partial charge in [-0.3, -0.25) is 4.79 Å². The third-order valence-electron chi connectivity index (χ3n) is 3.77. The Labute approximate surface area is 136 Å². The largest absolute Gasteiger partial charge is 0.398 e. The maximum Gasteiger partial charge on any atom is 0.259 e. The number of nitrogens with two attached hydrogens (primary N) is 1. The summed E-state index contributed by atoms with van der Waals surface area (Å²) in [6.07, 6.45) is 0.848. The maximum absolute atomic E-state index is 12.8. The molecule has 108 valence electrons. The van der Waals surface area contributed by atoms with Crippen LogP contribution in [0.1, 0.15) is 21.5 Å². The number of anilines is 2. The van der Waals surface area contributed by atoms with Gasteiger partial charge in [-0.25, -0.2) is 0 Å². The van der Waals surface area contributed by atoms with E-state index in [0.717, 1.165) is 27.7 Å². The molecule has 0 atom stereocenters. The molecule has 0 aromatic heterocycles. The second-order valence-electron chi connectivity index (χ2n) is 5.17. The number of aryl methyl sites for hydroxylation is 1. The highest BCUT2D eigenvalue weighted by atomic mass is 79.9. The van der Waals surface area contributed by atoms with Crippen LogP contribution in [0.4, 0.5) is 11.4 Å². The van der Waals surface area contributed by atoms with Gasteiger partial charge >= 0.3 is 0 Å².